The largest absolute Gasteiger partial charge is 0.492 e. The average Bonchev–Trinajstić information content (AvgIpc) is 2.94. The Hall–Kier alpha value is -1.46. The molecule has 0 aromatic heterocycles. The van der Waals surface area contributed by atoms with Gasteiger partial charge in [-0.05, 0) is 18.9 Å². The van der Waals surface area contributed by atoms with E-state index in [1.807, 2.05) is 12.1 Å². The molecule has 6 heteroatoms. The summed E-state index contributed by atoms with van der Waals surface area (Å²) in [6.07, 6.45) is 4.24. The Labute approximate surface area is 135 Å². The van der Waals surface area contributed by atoms with Crippen molar-refractivity contribution in [1.82, 2.24) is 10.6 Å². The summed E-state index contributed by atoms with van der Waals surface area (Å²) in [6, 6.07) is 5.15. The van der Waals surface area contributed by atoms with Crippen molar-refractivity contribution in [3.63, 3.8) is 0 Å². The second-order valence-electron chi connectivity index (χ2n) is 6.11. The zero-order valence-corrected chi connectivity index (χ0v) is 13.2. The standard InChI is InChI=1S/C16H21ClN2O3/c17-12-5-3-4-11-13(6-9-22-14(11)12)19-15(20)18-10-16(21)7-1-2-8-16/h3-5,13,21H,1-2,6-10H2,(H2,18,19,20). The maximum atomic E-state index is 12.1. The van der Waals surface area contributed by atoms with Crippen LogP contribution in [-0.2, 0) is 0 Å². The number of hydrogen-bond donors (Lipinski definition) is 3. The van der Waals surface area contributed by atoms with Crippen LogP contribution in [-0.4, -0.2) is 29.9 Å². The van der Waals surface area contributed by atoms with Gasteiger partial charge in [-0.3, -0.25) is 0 Å². The second-order valence-corrected chi connectivity index (χ2v) is 6.51. The molecule has 1 aliphatic carbocycles. The van der Waals surface area contributed by atoms with Crippen LogP contribution in [0.4, 0.5) is 4.79 Å². The van der Waals surface area contributed by atoms with E-state index < -0.39 is 5.60 Å². The Morgan fingerprint density at radius 1 is 1.41 bits per heavy atom. The molecule has 0 bridgehead atoms. The number of aliphatic hydroxyl groups is 1. The van der Waals surface area contributed by atoms with E-state index in [-0.39, 0.29) is 12.1 Å². The lowest BCUT2D eigenvalue weighted by molar-refractivity contribution is 0.0499. The van der Waals surface area contributed by atoms with Crippen molar-refractivity contribution in [2.24, 2.45) is 0 Å². The van der Waals surface area contributed by atoms with Gasteiger partial charge in [0, 0.05) is 18.5 Å². The first-order chi connectivity index (χ1) is 10.6. The lowest BCUT2D eigenvalue weighted by Crippen LogP contribution is -2.46. The molecule has 1 aromatic rings. The third-order valence-electron chi connectivity index (χ3n) is 4.44. The summed E-state index contributed by atoms with van der Waals surface area (Å²) >= 11 is 6.12. The van der Waals surface area contributed by atoms with E-state index in [4.69, 9.17) is 16.3 Å². The zero-order valence-electron chi connectivity index (χ0n) is 12.4. The predicted octanol–water partition coefficient (Wildman–Crippen LogP) is 2.77. The maximum absolute atomic E-state index is 12.1. The van der Waals surface area contributed by atoms with E-state index in [2.05, 4.69) is 10.6 Å². The van der Waals surface area contributed by atoms with E-state index in [9.17, 15) is 9.90 Å². The Bertz CT molecular complexity index is 558. The highest BCUT2D eigenvalue weighted by Gasteiger charge is 2.32. The average molecular weight is 325 g/mol. The lowest BCUT2D eigenvalue weighted by Gasteiger charge is -2.28. The number of carbonyl (C=O) groups is 1. The molecule has 1 heterocycles. The van der Waals surface area contributed by atoms with Gasteiger partial charge in [0.15, 0.2) is 0 Å². The van der Waals surface area contributed by atoms with Gasteiger partial charge in [-0.15, -0.1) is 0 Å². The highest BCUT2D eigenvalue weighted by atomic mass is 35.5. The minimum Gasteiger partial charge on any atom is -0.492 e. The Morgan fingerprint density at radius 2 is 2.18 bits per heavy atom. The van der Waals surface area contributed by atoms with Crippen molar-refractivity contribution in [1.29, 1.82) is 0 Å². The van der Waals surface area contributed by atoms with Gasteiger partial charge in [0.1, 0.15) is 5.75 Å². The van der Waals surface area contributed by atoms with Gasteiger partial charge in [-0.1, -0.05) is 36.6 Å². The molecule has 1 saturated carbocycles. The van der Waals surface area contributed by atoms with Crippen molar-refractivity contribution >= 4 is 17.6 Å². The summed E-state index contributed by atoms with van der Waals surface area (Å²) in [7, 11) is 0. The molecular weight excluding hydrogens is 304 g/mol. The Kier molecular flexibility index (Phi) is 4.45. The fourth-order valence-corrected chi connectivity index (χ4v) is 3.44. The molecule has 3 N–H and O–H groups in total. The number of urea groups is 1. The molecule has 5 nitrogen and oxygen atoms in total. The van der Waals surface area contributed by atoms with E-state index in [0.717, 1.165) is 31.2 Å². The molecule has 120 valence electrons. The minimum absolute atomic E-state index is 0.124. The first-order valence-corrected chi connectivity index (χ1v) is 8.13. The van der Waals surface area contributed by atoms with Crippen LogP contribution >= 0.6 is 11.6 Å². The fraction of sp³-hybridized carbons (Fsp3) is 0.562. The molecule has 1 aromatic carbocycles. The molecule has 2 aliphatic rings. The van der Waals surface area contributed by atoms with E-state index >= 15 is 0 Å². The summed E-state index contributed by atoms with van der Waals surface area (Å²) in [5.74, 6) is 0.648. The Balaban J connectivity index is 1.60. The number of nitrogens with one attached hydrogen (secondary N) is 2. The van der Waals surface area contributed by atoms with Crippen LogP contribution in [0.25, 0.3) is 0 Å². The molecule has 0 spiro atoms. The monoisotopic (exact) mass is 324 g/mol. The van der Waals surface area contributed by atoms with Crippen LogP contribution in [0.2, 0.25) is 5.02 Å². The summed E-state index contributed by atoms with van der Waals surface area (Å²) < 4.78 is 5.58. The van der Waals surface area contributed by atoms with Crippen LogP contribution in [0.15, 0.2) is 18.2 Å². The van der Waals surface area contributed by atoms with Crippen LogP contribution in [0.1, 0.15) is 43.7 Å². The lowest BCUT2D eigenvalue weighted by atomic mass is 10.0. The number of amides is 2. The molecule has 1 aliphatic heterocycles. The van der Waals surface area contributed by atoms with Gasteiger partial charge >= 0.3 is 6.03 Å². The second kappa shape index (κ2) is 6.34. The van der Waals surface area contributed by atoms with Crippen molar-refractivity contribution < 1.29 is 14.6 Å². The summed E-state index contributed by atoms with van der Waals surface area (Å²) in [5, 5.41) is 16.5. The summed E-state index contributed by atoms with van der Waals surface area (Å²) in [4.78, 5) is 12.1. The van der Waals surface area contributed by atoms with Gasteiger partial charge in [0.2, 0.25) is 0 Å². The van der Waals surface area contributed by atoms with Crippen molar-refractivity contribution in [2.75, 3.05) is 13.2 Å². The van der Waals surface area contributed by atoms with Crippen LogP contribution in [0, 0.1) is 0 Å². The van der Waals surface area contributed by atoms with Crippen molar-refractivity contribution in [2.45, 2.75) is 43.7 Å². The summed E-state index contributed by atoms with van der Waals surface area (Å²) in [6.45, 7) is 0.816. The summed E-state index contributed by atoms with van der Waals surface area (Å²) in [5.41, 5.74) is 0.155. The quantitative estimate of drug-likeness (QED) is 0.800. The number of benzene rings is 1. The number of hydrogen-bond acceptors (Lipinski definition) is 3. The number of carbonyl (C=O) groups excluding carboxylic acids is 1. The van der Waals surface area contributed by atoms with Gasteiger partial charge in [0.05, 0.1) is 23.3 Å². The molecule has 0 saturated heterocycles. The molecular formula is C16H21ClN2O3. The molecule has 3 rings (SSSR count). The molecule has 1 atom stereocenters. The third kappa shape index (κ3) is 3.31. The van der Waals surface area contributed by atoms with E-state index in [1.165, 1.54) is 0 Å². The highest BCUT2D eigenvalue weighted by molar-refractivity contribution is 6.32. The SMILES string of the molecule is O=C(NCC1(O)CCCC1)NC1CCOc2c(Cl)cccc21. The first kappa shape index (κ1) is 15.4. The normalized spacial score (nSPS) is 22.5. The van der Waals surface area contributed by atoms with E-state index in [1.54, 1.807) is 6.07 Å². The molecule has 1 fully saturated rings. The zero-order chi connectivity index (χ0) is 15.6. The smallest absolute Gasteiger partial charge is 0.315 e. The van der Waals surface area contributed by atoms with Gasteiger partial charge in [0.25, 0.3) is 0 Å². The van der Waals surface area contributed by atoms with Crippen LogP contribution in [0.5, 0.6) is 5.75 Å². The topological polar surface area (TPSA) is 70.6 Å². The maximum Gasteiger partial charge on any atom is 0.315 e. The molecule has 22 heavy (non-hydrogen) atoms. The molecule has 0 radical (unpaired) electrons. The molecule has 2 amide bonds. The van der Waals surface area contributed by atoms with E-state index in [0.29, 0.717) is 30.3 Å². The number of ether oxygens (including phenoxy) is 1. The van der Waals surface area contributed by atoms with Crippen LogP contribution in [0.3, 0.4) is 0 Å². The fourth-order valence-electron chi connectivity index (χ4n) is 3.20. The molecule has 1 unspecified atom stereocenters. The minimum atomic E-state index is -0.742. The highest BCUT2D eigenvalue weighted by Crippen LogP contribution is 2.37. The first-order valence-electron chi connectivity index (χ1n) is 7.75. The predicted molar refractivity (Wildman–Crippen MR) is 84.3 cm³/mol. The van der Waals surface area contributed by atoms with Crippen LogP contribution < -0.4 is 15.4 Å². The third-order valence-corrected chi connectivity index (χ3v) is 4.74. The van der Waals surface area contributed by atoms with Crippen molar-refractivity contribution in [3.8, 4) is 5.75 Å². The van der Waals surface area contributed by atoms with Gasteiger partial charge in [-0.2, -0.15) is 0 Å². The Morgan fingerprint density at radius 3 is 2.95 bits per heavy atom. The van der Waals surface area contributed by atoms with Gasteiger partial charge in [-0.25, -0.2) is 4.79 Å². The number of fused-ring (bicyclic) bond motifs is 1. The van der Waals surface area contributed by atoms with Crippen molar-refractivity contribution in [3.05, 3.63) is 28.8 Å². The number of para-hydroxylation sites is 1. The number of rotatable bonds is 3. The van der Waals surface area contributed by atoms with Gasteiger partial charge < -0.3 is 20.5 Å². The number of halogens is 1.